The molecule has 1 heterocycles. The lowest BCUT2D eigenvalue weighted by molar-refractivity contribution is -0.693. The number of primary amides is 1. The molecule has 0 bridgehead atoms. The fraction of sp³-hybridized carbons (Fsp3) is 0.250. The SMILES string of the molecule is CC[n+]1cccc(C(N)=O)c1.[Cl-]. The average Bonchev–Trinajstić information content (AvgIpc) is 2.05. The van der Waals surface area contributed by atoms with Gasteiger partial charge in [0.25, 0.3) is 5.91 Å². The van der Waals surface area contributed by atoms with Crippen molar-refractivity contribution in [3.05, 3.63) is 30.1 Å². The van der Waals surface area contributed by atoms with Gasteiger partial charge >= 0.3 is 0 Å². The highest BCUT2D eigenvalue weighted by Crippen LogP contribution is 1.91. The molecule has 4 heteroatoms. The third kappa shape index (κ3) is 2.51. The third-order valence-corrected chi connectivity index (χ3v) is 1.51. The topological polar surface area (TPSA) is 47.0 Å². The summed E-state index contributed by atoms with van der Waals surface area (Å²) in [6.07, 6.45) is 3.63. The predicted octanol–water partition coefficient (Wildman–Crippen LogP) is -2.90. The number of rotatable bonds is 2. The summed E-state index contributed by atoms with van der Waals surface area (Å²) in [5, 5.41) is 0. The lowest BCUT2D eigenvalue weighted by Gasteiger charge is -1.93. The van der Waals surface area contributed by atoms with E-state index in [2.05, 4.69) is 0 Å². The van der Waals surface area contributed by atoms with E-state index >= 15 is 0 Å². The summed E-state index contributed by atoms with van der Waals surface area (Å²) in [7, 11) is 0. The minimum Gasteiger partial charge on any atom is -1.00 e. The molecule has 0 aliphatic heterocycles. The summed E-state index contributed by atoms with van der Waals surface area (Å²) in [4.78, 5) is 10.7. The number of carbonyl (C=O) groups excluding carboxylic acids is 1. The molecule has 0 radical (unpaired) electrons. The quantitative estimate of drug-likeness (QED) is 0.495. The zero-order chi connectivity index (χ0) is 8.27. The molecule has 0 atom stereocenters. The second-order valence-electron chi connectivity index (χ2n) is 2.29. The van der Waals surface area contributed by atoms with E-state index in [0.29, 0.717) is 5.56 Å². The van der Waals surface area contributed by atoms with E-state index < -0.39 is 0 Å². The molecular weight excluding hydrogens is 176 g/mol. The van der Waals surface area contributed by atoms with E-state index in [9.17, 15) is 4.79 Å². The number of aryl methyl sites for hydroxylation is 1. The van der Waals surface area contributed by atoms with Crippen LogP contribution in [0.5, 0.6) is 0 Å². The van der Waals surface area contributed by atoms with E-state index in [1.165, 1.54) is 0 Å². The van der Waals surface area contributed by atoms with Crippen LogP contribution in [-0.2, 0) is 6.54 Å². The normalized spacial score (nSPS) is 8.75. The maximum absolute atomic E-state index is 10.7. The molecule has 1 rings (SSSR count). The van der Waals surface area contributed by atoms with Gasteiger partial charge in [-0.2, -0.15) is 0 Å². The number of halogens is 1. The number of nitrogens with two attached hydrogens (primary N) is 1. The summed E-state index contributed by atoms with van der Waals surface area (Å²) < 4.78 is 1.90. The van der Waals surface area contributed by atoms with Crippen LogP contribution in [0.25, 0.3) is 0 Å². The molecule has 0 unspecified atom stereocenters. The highest BCUT2D eigenvalue weighted by atomic mass is 35.5. The predicted molar refractivity (Wildman–Crippen MR) is 40.8 cm³/mol. The molecule has 0 aliphatic rings. The van der Waals surface area contributed by atoms with Crippen LogP contribution in [0.15, 0.2) is 24.5 Å². The Kier molecular flexibility index (Phi) is 4.29. The van der Waals surface area contributed by atoms with E-state index in [1.54, 1.807) is 12.3 Å². The molecule has 1 aromatic rings. The van der Waals surface area contributed by atoms with Crippen molar-refractivity contribution < 1.29 is 21.8 Å². The second-order valence-corrected chi connectivity index (χ2v) is 2.29. The largest absolute Gasteiger partial charge is 1.00 e. The highest BCUT2D eigenvalue weighted by molar-refractivity contribution is 5.92. The van der Waals surface area contributed by atoms with Gasteiger partial charge in [-0.3, -0.25) is 4.79 Å². The first-order chi connectivity index (χ1) is 5.24. The van der Waals surface area contributed by atoms with Gasteiger partial charge in [-0.05, 0) is 13.0 Å². The summed E-state index contributed by atoms with van der Waals surface area (Å²) in [6.45, 7) is 2.85. The standard InChI is InChI=1S/C8H10N2O.ClH/c1-2-10-5-3-4-7(6-10)8(9)11;/h3-6H,2H2,1H3,(H-,9,11);1H. The maximum atomic E-state index is 10.7. The van der Waals surface area contributed by atoms with Crippen LogP contribution in [0.2, 0.25) is 0 Å². The first-order valence-electron chi connectivity index (χ1n) is 3.53. The molecule has 1 amide bonds. The number of amides is 1. The van der Waals surface area contributed by atoms with Crippen LogP contribution >= 0.6 is 0 Å². The Hall–Kier alpha value is -1.09. The number of pyridine rings is 1. The molecule has 0 saturated heterocycles. The summed E-state index contributed by atoms with van der Waals surface area (Å²) >= 11 is 0. The molecule has 1 aromatic heterocycles. The molecule has 0 fully saturated rings. The maximum Gasteiger partial charge on any atom is 0.254 e. The molecule has 0 aliphatic carbocycles. The summed E-state index contributed by atoms with van der Waals surface area (Å²) in [5.74, 6) is -0.382. The van der Waals surface area contributed by atoms with Gasteiger partial charge < -0.3 is 18.1 Å². The van der Waals surface area contributed by atoms with Crippen molar-refractivity contribution in [1.29, 1.82) is 0 Å². The Bertz CT molecular complexity index is 276. The fourth-order valence-electron chi connectivity index (χ4n) is 0.864. The van der Waals surface area contributed by atoms with Crippen molar-refractivity contribution in [3.8, 4) is 0 Å². The van der Waals surface area contributed by atoms with Gasteiger partial charge in [0.2, 0.25) is 0 Å². The number of hydrogen-bond acceptors (Lipinski definition) is 1. The second kappa shape index (κ2) is 4.72. The van der Waals surface area contributed by atoms with Crippen molar-refractivity contribution in [3.63, 3.8) is 0 Å². The average molecular weight is 187 g/mol. The van der Waals surface area contributed by atoms with Crippen molar-refractivity contribution >= 4 is 5.91 Å². The van der Waals surface area contributed by atoms with Gasteiger partial charge in [0.05, 0.1) is 0 Å². The smallest absolute Gasteiger partial charge is 0.254 e. The van der Waals surface area contributed by atoms with E-state index in [-0.39, 0.29) is 18.3 Å². The zero-order valence-electron chi connectivity index (χ0n) is 6.83. The first kappa shape index (κ1) is 10.9. The van der Waals surface area contributed by atoms with Gasteiger partial charge in [0, 0.05) is 6.07 Å². The van der Waals surface area contributed by atoms with Crippen molar-refractivity contribution in [1.82, 2.24) is 0 Å². The van der Waals surface area contributed by atoms with Gasteiger partial charge in [-0.15, -0.1) is 0 Å². The number of carbonyl (C=O) groups is 1. The molecule has 0 saturated carbocycles. The fourth-order valence-corrected chi connectivity index (χ4v) is 0.864. The Morgan fingerprint density at radius 1 is 1.67 bits per heavy atom. The van der Waals surface area contributed by atoms with Crippen LogP contribution in [0, 0.1) is 0 Å². The Morgan fingerprint density at radius 2 is 2.33 bits per heavy atom. The van der Waals surface area contributed by atoms with Gasteiger partial charge in [-0.1, -0.05) is 0 Å². The number of hydrogen-bond donors (Lipinski definition) is 1. The summed E-state index contributed by atoms with van der Waals surface area (Å²) in [6, 6.07) is 3.51. The molecule has 3 nitrogen and oxygen atoms in total. The van der Waals surface area contributed by atoms with Crippen LogP contribution < -0.4 is 22.7 Å². The van der Waals surface area contributed by atoms with Crippen molar-refractivity contribution in [2.45, 2.75) is 13.5 Å². The van der Waals surface area contributed by atoms with Gasteiger partial charge in [0.15, 0.2) is 12.4 Å². The first-order valence-corrected chi connectivity index (χ1v) is 3.53. The van der Waals surface area contributed by atoms with Gasteiger partial charge in [-0.25, -0.2) is 4.57 Å². The van der Waals surface area contributed by atoms with Crippen LogP contribution in [0.3, 0.4) is 0 Å². The van der Waals surface area contributed by atoms with Crippen LogP contribution in [-0.4, -0.2) is 5.91 Å². The number of nitrogens with zero attached hydrogens (tertiary/aromatic N) is 1. The minimum atomic E-state index is -0.382. The Morgan fingerprint density at radius 3 is 2.83 bits per heavy atom. The zero-order valence-corrected chi connectivity index (χ0v) is 7.58. The molecule has 2 N–H and O–H groups in total. The van der Waals surface area contributed by atoms with Gasteiger partial charge in [0.1, 0.15) is 12.1 Å². The highest BCUT2D eigenvalue weighted by Gasteiger charge is 2.03. The lowest BCUT2D eigenvalue weighted by atomic mass is 10.3. The third-order valence-electron chi connectivity index (χ3n) is 1.51. The molecule has 0 aromatic carbocycles. The van der Waals surface area contributed by atoms with E-state index in [4.69, 9.17) is 5.73 Å². The minimum absolute atomic E-state index is 0. The molecule has 0 spiro atoms. The Balaban J connectivity index is 0.00000121. The van der Waals surface area contributed by atoms with E-state index in [1.807, 2.05) is 23.8 Å². The van der Waals surface area contributed by atoms with Crippen molar-refractivity contribution in [2.24, 2.45) is 5.73 Å². The monoisotopic (exact) mass is 186 g/mol. The Labute approximate surface area is 77.6 Å². The van der Waals surface area contributed by atoms with Crippen molar-refractivity contribution in [2.75, 3.05) is 0 Å². The van der Waals surface area contributed by atoms with Crippen LogP contribution in [0.4, 0.5) is 0 Å². The number of aromatic nitrogens is 1. The van der Waals surface area contributed by atoms with E-state index in [0.717, 1.165) is 6.54 Å². The molecule has 66 valence electrons. The lowest BCUT2D eigenvalue weighted by Crippen LogP contribution is -3.00. The summed E-state index contributed by atoms with van der Waals surface area (Å²) in [5.41, 5.74) is 5.64. The van der Waals surface area contributed by atoms with Crippen LogP contribution in [0.1, 0.15) is 17.3 Å². The molecular formula is C8H11ClN2O. The molecule has 12 heavy (non-hydrogen) atoms.